The van der Waals surface area contributed by atoms with Crippen molar-refractivity contribution in [1.82, 2.24) is 4.72 Å². The molecule has 26 heavy (non-hydrogen) atoms. The maximum absolute atomic E-state index is 12.8. The highest BCUT2D eigenvalue weighted by atomic mass is 32.2. The molecule has 0 bridgehead atoms. The predicted octanol–water partition coefficient (Wildman–Crippen LogP) is 2.58. The van der Waals surface area contributed by atoms with Crippen LogP contribution in [0.2, 0.25) is 0 Å². The molecule has 0 saturated heterocycles. The minimum absolute atomic E-state index is 0.0117. The summed E-state index contributed by atoms with van der Waals surface area (Å²) in [5, 5.41) is 12.9. The number of benzene rings is 2. The second-order valence-electron chi connectivity index (χ2n) is 6.48. The third-order valence-electron chi connectivity index (χ3n) is 3.79. The maximum Gasteiger partial charge on any atom is 0.321 e. The Balaban J connectivity index is 2.51. The third kappa shape index (κ3) is 4.59. The Hall–Kier alpha value is -2.45. The predicted molar refractivity (Wildman–Crippen MR) is 99.5 cm³/mol. The van der Waals surface area contributed by atoms with Crippen molar-refractivity contribution in [2.24, 2.45) is 5.92 Å². The number of sulfonamides is 1. The van der Waals surface area contributed by atoms with Gasteiger partial charge >= 0.3 is 5.97 Å². The zero-order chi connectivity index (χ0) is 19.5. The van der Waals surface area contributed by atoms with Crippen LogP contribution in [0.15, 0.2) is 41.3 Å². The fraction of sp³-hybridized carbons (Fsp3) is 0.333. The van der Waals surface area contributed by atoms with Gasteiger partial charge in [0.1, 0.15) is 6.04 Å². The van der Waals surface area contributed by atoms with Gasteiger partial charge in [0.05, 0.1) is 4.90 Å². The van der Waals surface area contributed by atoms with Crippen molar-refractivity contribution in [1.29, 1.82) is 0 Å². The Morgan fingerprint density at radius 3 is 2.23 bits per heavy atom. The number of hydrogen-bond donors (Lipinski definition) is 3. The van der Waals surface area contributed by atoms with E-state index in [9.17, 15) is 23.1 Å². The largest absolute Gasteiger partial charge is 0.480 e. The molecule has 0 aliphatic rings. The Kier molecular flexibility index (Phi) is 5.99. The van der Waals surface area contributed by atoms with Gasteiger partial charge in [-0.15, -0.1) is 0 Å². The first kappa shape index (κ1) is 19.9. The number of carboxylic acid groups (broad SMARTS) is 1. The van der Waals surface area contributed by atoms with E-state index in [1.54, 1.807) is 24.3 Å². The third-order valence-corrected chi connectivity index (χ3v) is 5.32. The molecule has 2 aromatic carbocycles. The highest BCUT2D eigenvalue weighted by Gasteiger charge is 2.27. The molecule has 7 nitrogen and oxygen atoms in total. The molecule has 0 aliphatic heterocycles. The fourth-order valence-electron chi connectivity index (χ4n) is 2.73. The van der Waals surface area contributed by atoms with Gasteiger partial charge in [0.2, 0.25) is 15.9 Å². The normalized spacial score (nSPS) is 12.9. The van der Waals surface area contributed by atoms with E-state index in [1.807, 2.05) is 13.8 Å². The summed E-state index contributed by atoms with van der Waals surface area (Å²) in [5.41, 5.74) is 0.490. The number of carbonyl (C=O) groups excluding carboxylic acids is 1. The monoisotopic (exact) mass is 378 g/mol. The average Bonchev–Trinajstić information content (AvgIpc) is 2.53. The lowest BCUT2D eigenvalue weighted by Crippen LogP contribution is -2.41. The summed E-state index contributed by atoms with van der Waals surface area (Å²) in [6, 6.07) is 8.38. The Bertz CT molecular complexity index is 938. The van der Waals surface area contributed by atoms with Crippen LogP contribution in [0.25, 0.3) is 10.8 Å². The molecule has 2 rings (SSSR count). The van der Waals surface area contributed by atoms with Crippen LogP contribution in [0.5, 0.6) is 0 Å². The molecule has 0 aliphatic carbocycles. The number of anilines is 1. The van der Waals surface area contributed by atoms with Crippen molar-refractivity contribution < 1.29 is 23.1 Å². The Morgan fingerprint density at radius 1 is 1.08 bits per heavy atom. The first-order chi connectivity index (χ1) is 12.1. The first-order valence-electron chi connectivity index (χ1n) is 8.16. The van der Waals surface area contributed by atoms with Crippen molar-refractivity contribution in [2.75, 3.05) is 5.32 Å². The SMILES string of the molecule is CC(=O)Nc1ccc(S(=O)(=O)N[C@H](CC(C)C)C(=O)O)c2ccccc12. The molecular formula is C18H22N2O5S. The molecular weight excluding hydrogens is 356 g/mol. The van der Waals surface area contributed by atoms with Crippen LogP contribution < -0.4 is 10.0 Å². The number of aliphatic carboxylic acids is 1. The van der Waals surface area contributed by atoms with Crippen LogP contribution in [-0.2, 0) is 19.6 Å². The number of nitrogens with one attached hydrogen (secondary N) is 2. The van der Waals surface area contributed by atoms with Crippen molar-refractivity contribution in [3.8, 4) is 0 Å². The number of carboxylic acids is 1. The van der Waals surface area contributed by atoms with E-state index in [2.05, 4.69) is 10.0 Å². The van der Waals surface area contributed by atoms with E-state index in [0.29, 0.717) is 16.5 Å². The van der Waals surface area contributed by atoms with E-state index < -0.39 is 22.0 Å². The average molecular weight is 378 g/mol. The standard InChI is InChI=1S/C18H22N2O5S/c1-11(2)10-16(18(22)23)20-26(24,25)17-9-8-15(19-12(3)21)13-6-4-5-7-14(13)17/h4-9,11,16,20H,10H2,1-3H3,(H,19,21)(H,22,23)/t16-/m1/s1. The minimum Gasteiger partial charge on any atom is -0.480 e. The van der Waals surface area contributed by atoms with E-state index >= 15 is 0 Å². The van der Waals surface area contributed by atoms with Crippen LogP contribution in [-0.4, -0.2) is 31.4 Å². The quantitative estimate of drug-likeness (QED) is 0.685. The highest BCUT2D eigenvalue weighted by Crippen LogP contribution is 2.29. The van der Waals surface area contributed by atoms with Crippen LogP contribution in [0.1, 0.15) is 27.2 Å². The second kappa shape index (κ2) is 7.84. The molecule has 1 amide bonds. The Labute approximate surface area is 152 Å². The molecule has 3 N–H and O–H groups in total. The van der Waals surface area contributed by atoms with Gasteiger partial charge in [-0.1, -0.05) is 38.1 Å². The molecule has 0 radical (unpaired) electrons. The number of hydrogen-bond acceptors (Lipinski definition) is 4. The number of amides is 1. The van der Waals surface area contributed by atoms with Crippen molar-refractivity contribution in [2.45, 2.75) is 38.1 Å². The lowest BCUT2D eigenvalue weighted by molar-refractivity contribution is -0.139. The zero-order valence-electron chi connectivity index (χ0n) is 14.8. The number of carbonyl (C=O) groups is 2. The molecule has 0 aromatic heterocycles. The summed E-state index contributed by atoms with van der Waals surface area (Å²) < 4.78 is 27.9. The van der Waals surface area contributed by atoms with Crippen LogP contribution >= 0.6 is 0 Å². The summed E-state index contributed by atoms with van der Waals surface area (Å²) in [7, 11) is -4.07. The van der Waals surface area contributed by atoms with Crippen LogP contribution in [0.4, 0.5) is 5.69 Å². The van der Waals surface area contributed by atoms with E-state index in [-0.39, 0.29) is 23.1 Å². The van der Waals surface area contributed by atoms with E-state index in [0.717, 1.165) is 0 Å². The topological polar surface area (TPSA) is 113 Å². The van der Waals surface area contributed by atoms with Gasteiger partial charge in [0.15, 0.2) is 0 Å². The summed E-state index contributed by atoms with van der Waals surface area (Å²) in [4.78, 5) is 22.7. The highest BCUT2D eigenvalue weighted by molar-refractivity contribution is 7.89. The van der Waals surface area contributed by atoms with Crippen molar-refractivity contribution >= 4 is 38.4 Å². The molecule has 0 saturated carbocycles. The number of fused-ring (bicyclic) bond motifs is 1. The van der Waals surface area contributed by atoms with Gasteiger partial charge in [-0.2, -0.15) is 4.72 Å². The minimum atomic E-state index is -4.07. The Morgan fingerprint density at radius 2 is 1.69 bits per heavy atom. The van der Waals surface area contributed by atoms with Gasteiger partial charge in [0.25, 0.3) is 0 Å². The maximum atomic E-state index is 12.8. The zero-order valence-corrected chi connectivity index (χ0v) is 15.6. The molecule has 0 unspecified atom stereocenters. The first-order valence-corrected chi connectivity index (χ1v) is 9.64. The van der Waals surface area contributed by atoms with Crippen LogP contribution in [0, 0.1) is 5.92 Å². The van der Waals surface area contributed by atoms with Crippen molar-refractivity contribution in [3.05, 3.63) is 36.4 Å². The lowest BCUT2D eigenvalue weighted by Gasteiger charge is -2.18. The van der Waals surface area contributed by atoms with Gasteiger partial charge in [-0.25, -0.2) is 8.42 Å². The molecule has 0 spiro atoms. The molecule has 1 atom stereocenters. The summed E-state index contributed by atoms with van der Waals surface area (Å²) in [6.45, 7) is 5.01. The van der Waals surface area contributed by atoms with Crippen molar-refractivity contribution in [3.63, 3.8) is 0 Å². The summed E-state index contributed by atoms with van der Waals surface area (Å²) >= 11 is 0. The molecule has 140 valence electrons. The second-order valence-corrected chi connectivity index (χ2v) is 8.16. The molecule has 0 fully saturated rings. The molecule has 2 aromatic rings. The molecule has 0 heterocycles. The lowest BCUT2D eigenvalue weighted by atomic mass is 10.1. The summed E-state index contributed by atoms with van der Waals surface area (Å²) in [6.07, 6.45) is 0.177. The molecule has 8 heteroatoms. The van der Waals surface area contributed by atoms with Gasteiger partial charge in [0, 0.05) is 23.4 Å². The summed E-state index contributed by atoms with van der Waals surface area (Å²) in [5.74, 6) is -1.48. The van der Waals surface area contributed by atoms with Gasteiger partial charge in [-0.3, -0.25) is 9.59 Å². The fourth-order valence-corrected chi connectivity index (χ4v) is 4.14. The smallest absolute Gasteiger partial charge is 0.321 e. The van der Waals surface area contributed by atoms with Crippen LogP contribution in [0.3, 0.4) is 0 Å². The number of rotatable bonds is 7. The van der Waals surface area contributed by atoms with E-state index in [1.165, 1.54) is 19.1 Å². The van der Waals surface area contributed by atoms with Gasteiger partial charge in [-0.05, 0) is 24.5 Å². The van der Waals surface area contributed by atoms with E-state index in [4.69, 9.17) is 0 Å². The van der Waals surface area contributed by atoms with Gasteiger partial charge < -0.3 is 10.4 Å².